The topological polar surface area (TPSA) is 64.1 Å². The van der Waals surface area contributed by atoms with E-state index in [1.165, 1.54) is 32.1 Å². The smallest absolute Gasteiger partial charge is 0.308 e. The van der Waals surface area contributed by atoms with Crippen molar-refractivity contribution in [3.05, 3.63) is 0 Å². The van der Waals surface area contributed by atoms with Crippen LogP contribution in [0.15, 0.2) is 0 Å². The molecule has 2 heterocycles. The van der Waals surface area contributed by atoms with Gasteiger partial charge in [-0.2, -0.15) is 0 Å². The Kier molecular flexibility index (Phi) is 6.23. The summed E-state index contributed by atoms with van der Waals surface area (Å²) in [5, 5.41) is 9.83. The Balaban J connectivity index is 1.60. The molecule has 26 heavy (non-hydrogen) atoms. The van der Waals surface area contributed by atoms with E-state index in [0.29, 0.717) is 26.2 Å². The lowest BCUT2D eigenvalue weighted by molar-refractivity contribution is -0.146. The minimum absolute atomic E-state index is 0.143. The number of aliphatic carboxylic acids is 1. The number of amides is 1. The van der Waals surface area contributed by atoms with E-state index in [1.54, 1.807) is 0 Å². The van der Waals surface area contributed by atoms with Gasteiger partial charge in [0.05, 0.1) is 12.5 Å². The maximum absolute atomic E-state index is 12.3. The third-order valence-corrected chi connectivity index (χ3v) is 6.82. The summed E-state index contributed by atoms with van der Waals surface area (Å²) in [7, 11) is 3.81. The van der Waals surface area contributed by atoms with E-state index in [9.17, 15) is 14.7 Å². The molecule has 3 aliphatic rings. The number of carboxylic acid groups (broad SMARTS) is 1. The molecule has 0 radical (unpaired) electrons. The third kappa shape index (κ3) is 4.39. The highest BCUT2D eigenvalue weighted by Crippen LogP contribution is 2.45. The van der Waals surface area contributed by atoms with Crippen LogP contribution in [0.2, 0.25) is 0 Å². The number of carboxylic acids is 1. The van der Waals surface area contributed by atoms with Crippen LogP contribution in [0.25, 0.3) is 0 Å². The van der Waals surface area contributed by atoms with Crippen molar-refractivity contribution in [2.24, 2.45) is 17.3 Å². The van der Waals surface area contributed by atoms with E-state index < -0.39 is 5.97 Å². The molecule has 1 atom stereocenters. The molecule has 6 nitrogen and oxygen atoms in total. The normalized spacial score (nSPS) is 27.3. The summed E-state index contributed by atoms with van der Waals surface area (Å²) >= 11 is 0. The van der Waals surface area contributed by atoms with Gasteiger partial charge in [-0.1, -0.05) is 19.3 Å². The fourth-order valence-corrected chi connectivity index (χ4v) is 5.36. The van der Waals surface area contributed by atoms with E-state index in [2.05, 4.69) is 4.90 Å². The van der Waals surface area contributed by atoms with Crippen molar-refractivity contribution < 1.29 is 14.7 Å². The lowest BCUT2D eigenvalue weighted by Gasteiger charge is -2.42. The minimum Gasteiger partial charge on any atom is -0.481 e. The van der Waals surface area contributed by atoms with Crippen LogP contribution < -0.4 is 0 Å². The van der Waals surface area contributed by atoms with Crippen molar-refractivity contribution in [2.75, 3.05) is 53.4 Å². The molecule has 0 bridgehead atoms. The van der Waals surface area contributed by atoms with Crippen LogP contribution >= 0.6 is 0 Å². The van der Waals surface area contributed by atoms with Crippen LogP contribution in [-0.2, 0) is 9.59 Å². The first-order valence-corrected chi connectivity index (χ1v) is 10.3. The van der Waals surface area contributed by atoms with E-state index >= 15 is 0 Å². The largest absolute Gasteiger partial charge is 0.481 e. The molecule has 2 aliphatic heterocycles. The van der Waals surface area contributed by atoms with Crippen LogP contribution in [0, 0.1) is 17.3 Å². The number of rotatable bonds is 5. The lowest BCUT2D eigenvalue weighted by Crippen LogP contribution is -2.49. The highest BCUT2D eigenvalue weighted by atomic mass is 16.4. The van der Waals surface area contributed by atoms with Gasteiger partial charge in [0.1, 0.15) is 0 Å². The Labute approximate surface area is 157 Å². The minimum atomic E-state index is -0.649. The van der Waals surface area contributed by atoms with Gasteiger partial charge in [-0.15, -0.1) is 0 Å². The fourth-order valence-electron chi connectivity index (χ4n) is 5.36. The Bertz CT molecular complexity index is 508. The molecule has 3 fully saturated rings. The van der Waals surface area contributed by atoms with Crippen LogP contribution in [0.3, 0.4) is 0 Å². The first-order valence-electron chi connectivity index (χ1n) is 10.3. The molecular weight excluding hydrogens is 330 g/mol. The second kappa shape index (κ2) is 8.26. The van der Waals surface area contributed by atoms with Crippen LogP contribution in [0.5, 0.6) is 0 Å². The molecule has 3 rings (SSSR count). The van der Waals surface area contributed by atoms with Crippen molar-refractivity contribution in [1.82, 2.24) is 14.7 Å². The van der Waals surface area contributed by atoms with Gasteiger partial charge >= 0.3 is 5.97 Å². The average Bonchev–Trinajstić information content (AvgIpc) is 2.93. The van der Waals surface area contributed by atoms with Crippen molar-refractivity contribution in [2.45, 2.75) is 44.9 Å². The van der Waals surface area contributed by atoms with Gasteiger partial charge in [-0.25, -0.2) is 0 Å². The van der Waals surface area contributed by atoms with Crippen LogP contribution in [0.4, 0.5) is 0 Å². The molecule has 0 aromatic rings. The molecule has 0 aromatic carbocycles. The number of carbonyl (C=O) groups excluding carboxylic acids is 1. The molecule has 0 aromatic heterocycles. The molecule has 6 heteroatoms. The number of hydrogen-bond acceptors (Lipinski definition) is 4. The average molecular weight is 366 g/mol. The molecule has 148 valence electrons. The molecule has 1 spiro atoms. The predicted octanol–water partition coefficient (Wildman–Crippen LogP) is 1.75. The van der Waals surface area contributed by atoms with E-state index in [-0.39, 0.29) is 17.2 Å². The van der Waals surface area contributed by atoms with Gasteiger partial charge in [0.2, 0.25) is 5.91 Å². The Morgan fingerprint density at radius 1 is 1.12 bits per heavy atom. The molecule has 1 aliphatic carbocycles. The molecule has 1 saturated carbocycles. The first kappa shape index (κ1) is 19.6. The molecule has 1 amide bonds. The molecule has 1 unspecified atom stereocenters. The predicted molar refractivity (Wildman–Crippen MR) is 101 cm³/mol. The van der Waals surface area contributed by atoms with Crippen molar-refractivity contribution in [1.29, 1.82) is 0 Å². The van der Waals surface area contributed by atoms with Crippen molar-refractivity contribution >= 4 is 11.9 Å². The molecular formula is C20H35N3O3. The van der Waals surface area contributed by atoms with Crippen LogP contribution in [-0.4, -0.2) is 85.0 Å². The summed E-state index contributed by atoms with van der Waals surface area (Å²) in [5.41, 5.74) is -0.143. The maximum atomic E-state index is 12.3. The lowest BCUT2D eigenvalue weighted by atomic mass is 9.71. The summed E-state index contributed by atoms with van der Waals surface area (Å²) in [4.78, 5) is 30.5. The zero-order valence-corrected chi connectivity index (χ0v) is 16.5. The summed E-state index contributed by atoms with van der Waals surface area (Å²) < 4.78 is 0. The van der Waals surface area contributed by atoms with Crippen molar-refractivity contribution in [3.8, 4) is 0 Å². The zero-order chi connectivity index (χ0) is 18.7. The number of likely N-dealkylation sites (N-methyl/N-ethyl adjacent to an activating group) is 1. The van der Waals surface area contributed by atoms with Gasteiger partial charge in [-0.3, -0.25) is 9.59 Å². The van der Waals surface area contributed by atoms with E-state index in [4.69, 9.17) is 0 Å². The SMILES string of the molecule is CN(C)CC(=O)N1CCC2(CC1)CN(CC1CCCCC1)CC2C(=O)O. The summed E-state index contributed by atoms with van der Waals surface area (Å²) in [6.07, 6.45) is 8.26. The second-order valence-electron chi connectivity index (χ2n) is 9.07. The summed E-state index contributed by atoms with van der Waals surface area (Å²) in [6.45, 7) is 4.49. The summed E-state index contributed by atoms with van der Waals surface area (Å²) in [6, 6.07) is 0. The third-order valence-electron chi connectivity index (χ3n) is 6.82. The number of nitrogens with zero attached hydrogens (tertiary/aromatic N) is 3. The monoisotopic (exact) mass is 365 g/mol. The Hall–Kier alpha value is -1.14. The number of likely N-dealkylation sites (tertiary alicyclic amines) is 2. The highest BCUT2D eigenvalue weighted by molar-refractivity contribution is 5.78. The van der Waals surface area contributed by atoms with E-state index in [1.807, 2.05) is 23.9 Å². The van der Waals surface area contributed by atoms with Crippen LogP contribution in [0.1, 0.15) is 44.9 Å². The van der Waals surface area contributed by atoms with Gasteiger partial charge in [0.15, 0.2) is 0 Å². The Morgan fingerprint density at radius 3 is 2.35 bits per heavy atom. The van der Waals surface area contributed by atoms with E-state index in [0.717, 1.165) is 31.8 Å². The standard InChI is InChI=1S/C20H35N3O3/c1-21(2)14-18(24)23-10-8-20(9-11-23)15-22(13-17(20)19(25)26)12-16-6-4-3-5-7-16/h16-17H,3-15H2,1-2H3,(H,25,26). The van der Waals surface area contributed by atoms with Gasteiger partial charge in [-0.05, 0) is 45.7 Å². The number of piperidine rings is 1. The summed E-state index contributed by atoms with van der Waals surface area (Å²) in [5.74, 6) is -0.0229. The highest BCUT2D eigenvalue weighted by Gasteiger charge is 2.51. The number of hydrogen-bond donors (Lipinski definition) is 1. The fraction of sp³-hybridized carbons (Fsp3) is 0.900. The molecule has 1 N–H and O–H groups in total. The second-order valence-corrected chi connectivity index (χ2v) is 9.07. The maximum Gasteiger partial charge on any atom is 0.308 e. The first-order chi connectivity index (χ1) is 12.4. The molecule has 2 saturated heterocycles. The van der Waals surface area contributed by atoms with Gasteiger partial charge in [0.25, 0.3) is 0 Å². The van der Waals surface area contributed by atoms with Gasteiger partial charge < -0.3 is 19.8 Å². The quantitative estimate of drug-likeness (QED) is 0.804. The zero-order valence-electron chi connectivity index (χ0n) is 16.5. The van der Waals surface area contributed by atoms with Gasteiger partial charge in [0, 0.05) is 38.1 Å². The number of carbonyl (C=O) groups is 2. The Morgan fingerprint density at radius 2 is 1.77 bits per heavy atom. The van der Waals surface area contributed by atoms with Crippen molar-refractivity contribution in [3.63, 3.8) is 0 Å².